The van der Waals surface area contributed by atoms with Crippen LogP contribution in [0, 0.1) is 0 Å². The highest BCUT2D eigenvalue weighted by Gasteiger charge is 2.20. The lowest BCUT2D eigenvalue weighted by Crippen LogP contribution is -2.43. The van der Waals surface area contributed by atoms with Gasteiger partial charge in [-0.3, -0.25) is 19.2 Å². The van der Waals surface area contributed by atoms with Gasteiger partial charge in [0, 0.05) is 57.6 Å². The molecule has 3 rings (SSSR count). The molecule has 8 nitrogen and oxygen atoms in total. The summed E-state index contributed by atoms with van der Waals surface area (Å²) in [5.74, 6) is -0.559. The largest absolute Gasteiger partial charge is 0.348 e. The van der Waals surface area contributed by atoms with Crippen LogP contribution in [0.25, 0.3) is 0 Å². The topological polar surface area (TPSA) is 82.5 Å². The van der Waals surface area contributed by atoms with Crippen molar-refractivity contribution in [1.82, 2.24) is 24.9 Å². The number of benzene rings is 1. The number of rotatable bonds is 6. The number of hydrogen-bond acceptors (Lipinski definition) is 5. The maximum atomic E-state index is 12.8. The molecule has 0 saturated carbocycles. The van der Waals surface area contributed by atoms with Gasteiger partial charge in [-0.1, -0.05) is 12.1 Å². The first-order chi connectivity index (χ1) is 13.8. The molecular formula is C21H30N6O2. The third kappa shape index (κ3) is 5.65. The molecule has 0 aliphatic carbocycles. The number of nitrogens with one attached hydrogen (secondary N) is 2. The lowest BCUT2D eigenvalue weighted by molar-refractivity contribution is 0.0938. The zero-order valence-corrected chi connectivity index (χ0v) is 17.6. The van der Waals surface area contributed by atoms with Crippen molar-refractivity contribution >= 4 is 17.5 Å². The van der Waals surface area contributed by atoms with E-state index in [0.29, 0.717) is 11.3 Å². The molecule has 1 aliphatic rings. The molecule has 2 aromatic rings. The Labute approximate surface area is 171 Å². The second-order valence-corrected chi connectivity index (χ2v) is 7.93. The molecule has 0 unspecified atom stereocenters. The van der Waals surface area contributed by atoms with E-state index in [0.717, 1.165) is 38.3 Å². The second-order valence-electron chi connectivity index (χ2n) is 7.93. The van der Waals surface area contributed by atoms with Gasteiger partial charge in [0.15, 0.2) is 5.69 Å². The molecule has 8 heteroatoms. The summed E-state index contributed by atoms with van der Waals surface area (Å²) in [7, 11) is 3.86. The van der Waals surface area contributed by atoms with E-state index in [1.165, 1.54) is 4.68 Å². The predicted molar refractivity (Wildman–Crippen MR) is 113 cm³/mol. The summed E-state index contributed by atoms with van der Waals surface area (Å²) in [6.45, 7) is 8.75. The molecule has 156 valence electrons. The number of anilines is 1. The van der Waals surface area contributed by atoms with Crippen LogP contribution in [-0.4, -0.2) is 70.7 Å². The van der Waals surface area contributed by atoms with E-state index in [9.17, 15) is 9.59 Å². The van der Waals surface area contributed by atoms with Gasteiger partial charge in [0.25, 0.3) is 11.8 Å². The highest BCUT2D eigenvalue weighted by Crippen LogP contribution is 2.16. The number of aryl methyl sites for hydroxylation is 1. The number of piperazine rings is 1. The van der Waals surface area contributed by atoms with Crippen molar-refractivity contribution in [2.45, 2.75) is 26.4 Å². The molecule has 2 amide bonds. The average molecular weight is 399 g/mol. The quantitative estimate of drug-likeness (QED) is 0.772. The number of aromatic nitrogens is 2. The average Bonchev–Trinajstić information content (AvgIpc) is 3.03. The SMILES string of the molecule is CC(C)NC(=O)c1nn(C)cc1NC(=O)c1cccc(CN2CCN(C)CC2)c1. The highest BCUT2D eigenvalue weighted by atomic mass is 16.2. The standard InChI is InChI=1S/C21H30N6O2/c1-15(2)22-21(29)19-18(14-26(4)24-19)23-20(28)17-7-5-6-16(12-17)13-27-10-8-25(3)9-11-27/h5-7,12,14-15H,8-11,13H2,1-4H3,(H,22,29)(H,23,28). The van der Waals surface area contributed by atoms with Gasteiger partial charge in [-0.05, 0) is 38.6 Å². The van der Waals surface area contributed by atoms with Crippen LogP contribution in [0.15, 0.2) is 30.5 Å². The Kier molecular flexibility index (Phi) is 6.66. The molecule has 0 bridgehead atoms. The van der Waals surface area contributed by atoms with E-state index in [1.54, 1.807) is 19.3 Å². The molecule has 1 saturated heterocycles. The van der Waals surface area contributed by atoms with Crippen molar-refractivity contribution in [3.05, 3.63) is 47.3 Å². The Morgan fingerprint density at radius 2 is 1.83 bits per heavy atom. The Morgan fingerprint density at radius 3 is 2.52 bits per heavy atom. The van der Waals surface area contributed by atoms with Gasteiger partial charge in [-0.25, -0.2) is 0 Å². The Bertz CT molecular complexity index is 868. The fraction of sp³-hybridized carbons (Fsp3) is 0.476. The van der Waals surface area contributed by atoms with Crippen LogP contribution in [0.3, 0.4) is 0 Å². The molecular weight excluding hydrogens is 368 g/mol. The minimum absolute atomic E-state index is 0.0145. The fourth-order valence-corrected chi connectivity index (χ4v) is 3.35. The number of likely N-dealkylation sites (N-methyl/N-ethyl adjacent to an activating group) is 1. The number of hydrogen-bond donors (Lipinski definition) is 2. The van der Waals surface area contributed by atoms with E-state index >= 15 is 0 Å². The smallest absolute Gasteiger partial charge is 0.274 e. The predicted octanol–water partition coefficient (Wildman–Crippen LogP) is 1.56. The van der Waals surface area contributed by atoms with Gasteiger partial charge >= 0.3 is 0 Å². The van der Waals surface area contributed by atoms with Gasteiger partial charge in [-0.2, -0.15) is 5.10 Å². The molecule has 0 spiro atoms. The van der Waals surface area contributed by atoms with Gasteiger partial charge in [0.2, 0.25) is 0 Å². The zero-order chi connectivity index (χ0) is 21.0. The second kappa shape index (κ2) is 9.19. The van der Waals surface area contributed by atoms with Crippen LogP contribution in [0.4, 0.5) is 5.69 Å². The van der Waals surface area contributed by atoms with Crippen LogP contribution in [0.5, 0.6) is 0 Å². The van der Waals surface area contributed by atoms with Crippen LogP contribution in [0.1, 0.15) is 40.3 Å². The molecule has 2 heterocycles. The summed E-state index contributed by atoms with van der Waals surface area (Å²) in [5.41, 5.74) is 2.28. The molecule has 2 N–H and O–H groups in total. The van der Waals surface area contributed by atoms with E-state index in [1.807, 2.05) is 32.0 Å². The van der Waals surface area contributed by atoms with Crippen LogP contribution >= 0.6 is 0 Å². The first kappa shape index (κ1) is 21.0. The summed E-state index contributed by atoms with van der Waals surface area (Å²) in [6, 6.07) is 7.63. The first-order valence-corrected chi connectivity index (χ1v) is 9.97. The van der Waals surface area contributed by atoms with Gasteiger partial charge < -0.3 is 15.5 Å². The summed E-state index contributed by atoms with van der Waals surface area (Å²) in [4.78, 5) is 29.9. The van der Waals surface area contributed by atoms with Crippen molar-refractivity contribution in [2.24, 2.45) is 7.05 Å². The molecule has 1 aromatic heterocycles. The number of nitrogens with zero attached hydrogens (tertiary/aromatic N) is 4. The van der Waals surface area contributed by atoms with Gasteiger partial charge in [0.1, 0.15) is 0 Å². The third-order valence-corrected chi connectivity index (χ3v) is 4.90. The summed E-state index contributed by atoms with van der Waals surface area (Å²) in [6.07, 6.45) is 1.64. The Hall–Kier alpha value is -2.71. The summed E-state index contributed by atoms with van der Waals surface area (Å²) < 4.78 is 1.52. The third-order valence-electron chi connectivity index (χ3n) is 4.90. The van der Waals surface area contributed by atoms with Gasteiger partial charge in [0.05, 0.1) is 5.69 Å². The monoisotopic (exact) mass is 398 g/mol. The zero-order valence-electron chi connectivity index (χ0n) is 17.6. The molecule has 29 heavy (non-hydrogen) atoms. The van der Waals surface area contributed by atoms with Crippen molar-refractivity contribution < 1.29 is 9.59 Å². The first-order valence-electron chi connectivity index (χ1n) is 9.97. The van der Waals surface area contributed by atoms with Crippen LogP contribution in [0.2, 0.25) is 0 Å². The summed E-state index contributed by atoms with van der Waals surface area (Å²) >= 11 is 0. The molecule has 0 radical (unpaired) electrons. The molecule has 1 aliphatic heterocycles. The van der Waals surface area contributed by atoms with E-state index in [2.05, 4.69) is 32.6 Å². The number of carbonyl (C=O) groups excluding carboxylic acids is 2. The molecule has 1 aromatic carbocycles. The lowest BCUT2D eigenvalue weighted by atomic mass is 10.1. The van der Waals surface area contributed by atoms with Crippen LogP contribution < -0.4 is 10.6 Å². The molecule has 1 fully saturated rings. The van der Waals surface area contributed by atoms with E-state index in [4.69, 9.17) is 0 Å². The van der Waals surface area contributed by atoms with Crippen LogP contribution in [-0.2, 0) is 13.6 Å². The number of amides is 2. The van der Waals surface area contributed by atoms with Crippen molar-refractivity contribution in [1.29, 1.82) is 0 Å². The number of carbonyl (C=O) groups is 2. The minimum atomic E-state index is -0.306. The van der Waals surface area contributed by atoms with Crippen molar-refractivity contribution in [2.75, 3.05) is 38.5 Å². The normalized spacial score (nSPS) is 15.5. The Balaban J connectivity index is 1.69. The fourth-order valence-electron chi connectivity index (χ4n) is 3.35. The summed E-state index contributed by atoms with van der Waals surface area (Å²) in [5, 5.41) is 9.83. The minimum Gasteiger partial charge on any atom is -0.348 e. The van der Waals surface area contributed by atoms with E-state index in [-0.39, 0.29) is 23.6 Å². The van der Waals surface area contributed by atoms with Crippen molar-refractivity contribution in [3.63, 3.8) is 0 Å². The Morgan fingerprint density at radius 1 is 1.10 bits per heavy atom. The van der Waals surface area contributed by atoms with Crippen molar-refractivity contribution in [3.8, 4) is 0 Å². The maximum absolute atomic E-state index is 12.8. The molecule has 0 atom stereocenters. The lowest BCUT2D eigenvalue weighted by Gasteiger charge is -2.32. The van der Waals surface area contributed by atoms with E-state index < -0.39 is 0 Å². The highest BCUT2D eigenvalue weighted by molar-refractivity contribution is 6.08. The van der Waals surface area contributed by atoms with Gasteiger partial charge in [-0.15, -0.1) is 0 Å². The maximum Gasteiger partial charge on any atom is 0.274 e.